The minimum absolute atomic E-state index is 0.780. The van der Waals surface area contributed by atoms with Gasteiger partial charge >= 0.3 is 0 Å². The zero-order valence-corrected chi connectivity index (χ0v) is 21.5. The van der Waals surface area contributed by atoms with Crippen LogP contribution in [0.25, 0.3) is 16.7 Å². The van der Waals surface area contributed by atoms with Crippen molar-refractivity contribution in [3.63, 3.8) is 0 Å². The molecule has 0 nitrogen and oxygen atoms in total. The molecule has 1 fully saturated rings. The van der Waals surface area contributed by atoms with Crippen LogP contribution >= 0.6 is 0 Å². The van der Waals surface area contributed by atoms with Gasteiger partial charge in [0.25, 0.3) is 0 Å². The van der Waals surface area contributed by atoms with E-state index in [1.807, 2.05) is 0 Å². The number of hydrogen-bond acceptors (Lipinski definition) is 0. The lowest BCUT2D eigenvalue weighted by Gasteiger charge is -2.29. The van der Waals surface area contributed by atoms with Crippen molar-refractivity contribution in [2.75, 3.05) is 0 Å². The van der Waals surface area contributed by atoms with Crippen LogP contribution in [0.5, 0.6) is 0 Å². The van der Waals surface area contributed by atoms with Crippen molar-refractivity contribution >= 4 is 5.57 Å². The Morgan fingerprint density at radius 1 is 0.727 bits per heavy atom. The van der Waals surface area contributed by atoms with Crippen LogP contribution in [0.15, 0.2) is 54.6 Å². The van der Waals surface area contributed by atoms with Crippen LogP contribution in [-0.2, 0) is 0 Å². The second kappa shape index (κ2) is 12.0. The van der Waals surface area contributed by atoms with Gasteiger partial charge in [0.2, 0.25) is 0 Å². The van der Waals surface area contributed by atoms with E-state index in [0.717, 1.165) is 23.7 Å². The van der Waals surface area contributed by atoms with Crippen LogP contribution in [-0.4, -0.2) is 0 Å². The molecular weight excluding hydrogens is 396 g/mol. The highest BCUT2D eigenvalue weighted by Crippen LogP contribution is 2.38. The van der Waals surface area contributed by atoms with Crippen molar-refractivity contribution in [1.29, 1.82) is 0 Å². The fraction of sp³-hybridized carbons (Fsp3) is 0.576. The standard InChI is InChI=1S/C33H46/c1-4-5-6-26-9-13-28(14-10-26)30-17-21-32(22-18-30)33-23-19-31(20-24-33)29-15-11-27(12-16-29)8-7-25(2)3/h15,17-28H,4-14,16H2,1-3H3. The molecule has 0 spiro atoms. The Labute approximate surface area is 203 Å². The molecule has 1 unspecified atom stereocenters. The van der Waals surface area contributed by atoms with Gasteiger partial charge in [0.05, 0.1) is 0 Å². The number of rotatable bonds is 9. The highest BCUT2D eigenvalue weighted by molar-refractivity contribution is 5.71. The molecule has 0 aromatic heterocycles. The van der Waals surface area contributed by atoms with Crippen molar-refractivity contribution in [3.8, 4) is 11.1 Å². The Balaban J connectivity index is 1.31. The Morgan fingerprint density at radius 3 is 1.94 bits per heavy atom. The molecule has 0 aliphatic heterocycles. The second-order valence-corrected chi connectivity index (χ2v) is 11.4. The SMILES string of the molecule is CCCCC1CCC(c2ccc(-c3ccc(C4=CCC(CCC(C)C)CC4)cc3)cc2)CC1. The van der Waals surface area contributed by atoms with E-state index in [2.05, 4.69) is 75.4 Å². The van der Waals surface area contributed by atoms with Gasteiger partial charge in [0, 0.05) is 0 Å². The monoisotopic (exact) mass is 442 g/mol. The summed E-state index contributed by atoms with van der Waals surface area (Å²) in [5.74, 6) is 3.51. The number of allylic oxidation sites excluding steroid dienone is 2. The topological polar surface area (TPSA) is 0 Å². The lowest BCUT2D eigenvalue weighted by atomic mass is 9.77. The maximum Gasteiger partial charge on any atom is -0.0162 e. The van der Waals surface area contributed by atoms with E-state index in [1.54, 1.807) is 11.1 Å². The molecule has 4 rings (SSSR count). The summed E-state index contributed by atoms with van der Waals surface area (Å²) in [5, 5.41) is 0. The van der Waals surface area contributed by atoms with Crippen molar-refractivity contribution in [1.82, 2.24) is 0 Å². The summed E-state index contributed by atoms with van der Waals surface area (Å²) in [6.07, 6.45) is 19.0. The minimum Gasteiger partial charge on any atom is -0.0804 e. The van der Waals surface area contributed by atoms with Crippen molar-refractivity contribution in [2.45, 2.75) is 104 Å². The largest absolute Gasteiger partial charge is 0.0804 e. The first-order valence-corrected chi connectivity index (χ1v) is 14.0. The number of benzene rings is 2. The molecule has 0 N–H and O–H groups in total. The fourth-order valence-corrected chi connectivity index (χ4v) is 6.08. The summed E-state index contributed by atoms with van der Waals surface area (Å²) >= 11 is 0. The third-order valence-corrected chi connectivity index (χ3v) is 8.46. The van der Waals surface area contributed by atoms with E-state index in [9.17, 15) is 0 Å². The normalized spacial score (nSPS) is 23.5. The maximum absolute atomic E-state index is 2.52. The first-order chi connectivity index (χ1) is 16.1. The first-order valence-electron chi connectivity index (χ1n) is 14.0. The van der Waals surface area contributed by atoms with Gasteiger partial charge in [-0.05, 0) is 103 Å². The first kappa shape index (κ1) is 24.3. The van der Waals surface area contributed by atoms with Gasteiger partial charge in [0.15, 0.2) is 0 Å². The van der Waals surface area contributed by atoms with Crippen molar-refractivity contribution < 1.29 is 0 Å². The van der Waals surface area contributed by atoms with Gasteiger partial charge in [-0.15, -0.1) is 0 Å². The van der Waals surface area contributed by atoms with Crippen molar-refractivity contribution in [3.05, 3.63) is 65.7 Å². The summed E-state index contributed by atoms with van der Waals surface area (Å²) in [6, 6.07) is 18.9. The van der Waals surface area contributed by atoms with Crippen LogP contribution < -0.4 is 0 Å². The average Bonchev–Trinajstić information content (AvgIpc) is 2.87. The Morgan fingerprint density at radius 2 is 1.36 bits per heavy atom. The van der Waals surface area contributed by atoms with Gasteiger partial charge in [-0.2, -0.15) is 0 Å². The van der Waals surface area contributed by atoms with Crippen LogP contribution in [0.1, 0.15) is 115 Å². The number of unbranched alkanes of at least 4 members (excludes halogenated alkanes) is 1. The molecule has 1 saturated carbocycles. The lowest BCUT2D eigenvalue weighted by molar-refractivity contribution is 0.304. The Bertz CT molecular complexity index is 859. The van der Waals surface area contributed by atoms with Gasteiger partial charge < -0.3 is 0 Å². The molecule has 2 aliphatic carbocycles. The molecular formula is C33H46. The Hall–Kier alpha value is -1.82. The van der Waals surface area contributed by atoms with Gasteiger partial charge in [-0.1, -0.05) is 101 Å². The third kappa shape index (κ3) is 6.84. The molecule has 0 saturated heterocycles. The lowest BCUT2D eigenvalue weighted by Crippen LogP contribution is -2.13. The molecule has 1 atom stereocenters. The number of hydrogen-bond donors (Lipinski definition) is 0. The van der Waals surface area contributed by atoms with E-state index in [-0.39, 0.29) is 0 Å². The van der Waals surface area contributed by atoms with Crippen molar-refractivity contribution in [2.24, 2.45) is 17.8 Å². The summed E-state index contributed by atoms with van der Waals surface area (Å²) in [6.45, 7) is 7.01. The summed E-state index contributed by atoms with van der Waals surface area (Å²) in [4.78, 5) is 0. The van der Waals surface area contributed by atoms with E-state index < -0.39 is 0 Å². The average molecular weight is 443 g/mol. The molecule has 0 amide bonds. The highest BCUT2D eigenvalue weighted by Gasteiger charge is 2.22. The molecule has 0 heterocycles. The fourth-order valence-electron chi connectivity index (χ4n) is 6.08. The van der Waals surface area contributed by atoms with Crippen LogP contribution in [0, 0.1) is 17.8 Å². The minimum atomic E-state index is 0.780. The molecule has 0 bridgehead atoms. The predicted molar refractivity (Wildman–Crippen MR) is 145 cm³/mol. The molecule has 0 radical (unpaired) electrons. The van der Waals surface area contributed by atoms with E-state index in [0.29, 0.717) is 0 Å². The predicted octanol–water partition coefficient (Wildman–Crippen LogP) is 10.4. The zero-order chi connectivity index (χ0) is 23.0. The molecule has 33 heavy (non-hydrogen) atoms. The van der Waals surface area contributed by atoms with Crippen LogP contribution in [0.4, 0.5) is 0 Å². The quantitative estimate of drug-likeness (QED) is 0.362. The van der Waals surface area contributed by atoms with E-state index in [4.69, 9.17) is 0 Å². The van der Waals surface area contributed by atoms with E-state index in [1.165, 1.54) is 93.7 Å². The molecule has 178 valence electrons. The summed E-state index contributed by atoms with van der Waals surface area (Å²) < 4.78 is 0. The molecule has 2 aliphatic rings. The highest BCUT2D eigenvalue weighted by atomic mass is 14.3. The maximum atomic E-state index is 2.52. The molecule has 2 aromatic carbocycles. The van der Waals surface area contributed by atoms with E-state index >= 15 is 0 Å². The smallest absolute Gasteiger partial charge is 0.0162 e. The second-order valence-electron chi connectivity index (χ2n) is 11.4. The third-order valence-electron chi connectivity index (χ3n) is 8.46. The van der Waals surface area contributed by atoms with Gasteiger partial charge in [-0.3, -0.25) is 0 Å². The Kier molecular flexibility index (Phi) is 8.88. The molecule has 2 aromatic rings. The van der Waals surface area contributed by atoms with Gasteiger partial charge in [-0.25, -0.2) is 0 Å². The summed E-state index contributed by atoms with van der Waals surface area (Å²) in [7, 11) is 0. The summed E-state index contributed by atoms with van der Waals surface area (Å²) in [5.41, 5.74) is 7.25. The van der Waals surface area contributed by atoms with Crippen LogP contribution in [0.3, 0.4) is 0 Å². The van der Waals surface area contributed by atoms with Crippen LogP contribution in [0.2, 0.25) is 0 Å². The van der Waals surface area contributed by atoms with Gasteiger partial charge in [0.1, 0.15) is 0 Å². The zero-order valence-electron chi connectivity index (χ0n) is 21.5. The molecule has 0 heteroatoms.